The van der Waals surface area contributed by atoms with Crippen LogP contribution < -0.4 is 5.73 Å². The lowest BCUT2D eigenvalue weighted by atomic mass is 9.95. The van der Waals surface area contributed by atoms with Gasteiger partial charge in [0, 0.05) is 25.7 Å². The van der Waals surface area contributed by atoms with E-state index in [1.165, 1.54) is 16.7 Å². The van der Waals surface area contributed by atoms with E-state index in [4.69, 9.17) is 10.5 Å². The van der Waals surface area contributed by atoms with Crippen LogP contribution in [0.1, 0.15) is 36.6 Å². The summed E-state index contributed by atoms with van der Waals surface area (Å²) in [7, 11) is 1.75. The molecule has 2 N–H and O–H groups in total. The summed E-state index contributed by atoms with van der Waals surface area (Å²) in [6.45, 7) is 11.0. The van der Waals surface area contributed by atoms with E-state index in [1.807, 2.05) is 0 Å². The Bertz CT molecular complexity index is 392. The molecule has 2 unspecified atom stereocenters. The standard InChI is InChI=1S/C16H28N2O/c1-6-18(13(3)11-19-5)16(10-17)15-9-7-8-12(2)14(15)4/h7-9,13,16H,6,10-11,17H2,1-5H3. The maximum atomic E-state index is 6.05. The van der Waals surface area contributed by atoms with Gasteiger partial charge in [-0.25, -0.2) is 0 Å². The Kier molecular flexibility index (Phi) is 6.49. The number of nitrogens with zero attached hydrogens (tertiary/aromatic N) is 1. The van der Waals surface area contributed by atoms with Crippen LogP contribution in [-0.4, -0.2) is 37.7 Å². The van der Waals surface area contributed by atoms with E-state index in [9.17, 15) is 0 Å². The first-order valence-corrected chi connectivity index (χ1v) is 7.07. The van der Waals surface area contributed by atoms with Crippen molar-refractivity contribution < 1.29 is 4.74 Å². The first kappa shape index (κ1) is 16.2. The van der Waals surface area contributed by atoms with Gasteiger partial charge in [-0.2, -0.15) is 0 Å². The molecule has 0 aromatic heterocycles. The van der Waals surface area contributed by atoms with Crippen LogP contribution in [0.5, 0.6) is 0 Å². The Morgan fingerprint density at radius 3 is 2.53 bits per heavy atom. The van der Waals surface area contributed by atoms with Gasteiger partial charge in [0.15, 0.2) is 0 Å². The second-order valence-corrected chi connectivity index (χ2v) is 5.18. The number of ether oxygens (including phenoxy) is 1. The maximum absolute atomic E-state index is 6.05. The van der Waals surface area contributed by atoms with Crippen molar-refractivity contribution in [2.24, 2.45) is 5.73 Å². The van der Waals surface area contributed by atoms with Gasteiger partial charge in [-0.05, 0) is 44.0 Å². The summed E-state index contributed by atoms with van der Waals surface area (Å²) in [5, 5.41) is 0. The third-order valence-electron chi connectivity index (χ3n) is 3.97. The molecule has 0 fully saturated rings. The van der Waals surface area contributed by atoms with E-state index in [1.54, 1.807) is 7.11 Å². The summed E-state index contributed by atoms with van der Waals surface area (Å²) in [5.41, 5.74) is 10.1. The van der Waals surface area contributed by atoms with Crippen molar-refractivity contribution in [3.8, 4) is 0 Å². The fourth-order valence-electron chi connectivity index (χ4n) is 2.75. The quantitative estimate of drug-likeness (QED) is 0.823. The average Bonchev–Trinajstić information content (AvgIpc) is 2.39. The molecule has 3 nitrogen and oxygen atoms in total. The van der Waals surface area contributed by atoms with Crippen molar-refractivity contribution in [3.05, 3.63) is 34.9 Å². The molecule has 1 rings (SSSR count). The van der Waals surface area contributed by atoms with Gasteiger partial charge in [-0.3, -0.25) is 4.90 Å². The highest BCUT2D eigenvalue weighted by Gasteiger charge is 2.24. The molecule has 0 saturated carbocycles. The van der Waals surface area contributed by atoms with Crippen molar-refractivity contribution >= 4 is 0 Å². The number of benzene rings is 1. The minimum Gasteiger partial charge on any atom is -0.383 e. The summed E-state index contributed by atoms with van der Waals surface area (Å²) >= 11 is 0. The van der Waals surface area contributed by atoms with Crippen LogP contribution in [0, 0.1) is 13.8 Å². The molecular weight excluding hydrogens is 236 g/mol. The van der Waals surface area contributed by atoms with Gasteiger partial charge in [0.25, 0.3) is 0 Å². The van der Waals surface area contributed by atoms with Gasteiger partial charge >= 0.3 is 0 Å². The van der Waals surface area contributed by atoms with Crippen LogP contribution in [0.3, 0.4) is 0 Å². The van der Waals surface area contributed by atoms with E-state index < -0.39 is 0 Å². The zero-order valence-corrected chi connectivity index (χ0v) is 12.9. The van der Waals surface area contributed by atoms with Crippen molar-refractivity contribution in [1.82, 2.24) is 4.90 Å². The minimum absolute atomic E-state index is 0.259. The normalized spacial score (nSPS) is 14.7. The van der Waals surface area contributed by atoms with E-state index in [2.05, 4.69) is 50.8 Å². The van der Waals surface area contributed by atoms with Crippen LogP contribution in [0.4, 0.5) is 0 Å². The number of hydrogen-bond acceptors (Lipinski definition) is 3. The predicted molar refractivity (Wildman–Crippen MR) is 81.4 cm³/mol. The van der Waals surface area contributed by atoms with Crippen LogP contribution in [0.15, 0.2) is 18.2 Å². The van der Waals surface area contributed by atoms with Crippen molar-refractivity contribution in [1.29, 1.82) is 0 Å². The van der Waals surface area contributed by atoms with Crippen molar-refractivity contribution in [2.75, 3.05) is 26.8 Å². The lowest BCUT2D eigenvalue weighted by Gasteiger charge is -2.36. The smallest absolute Gasteiger partial charge is 0.0615 e. The van der Waals surface area contributed by atoms with Crippen LogP contribution in [-0.2, 0) is 4.74 Å². The number of nitrogens with two attached hydrogens (primary N) is 1. The zero-order valence-electron chi connectivity index (χ0n) is 12.9. The lowest BCUT2D eigenvalue weighted by molar-refractivity contribution is 0.0749. The summed E-state index contributed by atoms with van der Waals surface area (Å²) < 4.78 is 5.29. The molecule has 2 atom stereocenters. The molecular formula is C16H28N2O. The van der Waals surface area contributed by atoms with Crippen molar-refractivity contribution in [3.63, 3.8) is 0 Å². The molecule has 0 amide bonds. The summed E-state index contributed by atoms with van der Waals surface area (Å²) in [6.07, 6.45) is 0. The molecule has 0 aliphatic rings. The Balaban J connectivity index is 3.06. The second kappa shape index (κ2) is 7.63. The third kappa shape index (κ3) is 3.78. The molecule has 0 radical (unpaired) electrons. The highest BCUT2D eigenvalue weighted by molar-refractivity contribution is 5.35. The summed E-state index contributed by atoms with van der Waals surface area (Å²) in [6, 6.07) is 7.09. The maximum Gasteiger partial charge on any atom is 0.0615 e. The molecule has 0 saturated heterocycles. The molecule has 1 aromatic carbocycles. The molecule has 1 aromatic rings. The Labute approximate surface area is 117 Å². The highest BCUT2D eigenvalue weighted by Crippen LogP contribution is 2.26. The SMILES string of the molecule is CCN(C(C)COC)C(CN)c1cccc(C)c1C. The fourth-order valence-corrected chi connectivity index (χ4v) is 2.75. The topological polar surface area (TPSA) is 38.5 Å². The second-order valence-electron chi connectivity index (χ2n) is 5.18. The molecule has 3 heteroatoms. The van der Waals surface area contributed by atoms with Gasteiger partial charge in [0.1, 0.15) is 0 Å². The first-order chi connectivity index (χ1) is 9.06. The van der Waals surface area contributed by atoms with Crippen LogP contribution >= 0.6 is 0 Å². The molecule has 108 valence electrons. The minimum atomic E-state index is 0.259. The highest BCUT2D eigenvalue weighted by atomic mass is 16.5. The monoisotopic (exact) mass is 264 g/mol. The first-order valence-electron chi connectivity index (χ1n) is 7.07. The van der Waals surface area contributed by atoms with Gasteiger partial charge < -0.3 is 10.5 Å². The summed E-state index contributed by atoms with van der Waals surface area (Å²) in [4.78, 5) is 2.42. The van der Waals surface area contributed by atoms with Gasteiger partial charge in [0.2, 0.25) is 0 Å². The Morgan fingerprint density at radius 2 is 2.00 bits per heavy atom. The van der Waals surface area contributed by atoms with Gasteiger partial charge in [0.05, 0.1) is 6.61 Å². The third-order valence-corrected chi connectivity index (χ3v) is 3.97. The number of rotatable bonds is 7. The largest absolute Gasteiger partial charge is 0.383 e. The van der Waals surface area contributed by atoms with Gasteiger partial charge in [-0.15, -0.1) is 0 Å². The zero-order chi connectivity index (χ0) is 14.4. The molecule has 0 bridgehead atoms. The molecule has 0 spiro atoms. The number of aryl methyl sites for hydroxylation is 1. The molecule has 0 heterocycles. The average molecular weight is 264 g/mol. The van der Waals surface area contributed by atoms with Crippen LogP contribution in [0.2, 0.25) is 0 Å². The van der Waals surface area contributed by atoms with E-state index in [-0.39, 0.29) is 6.04 Å². The van der Waals surface area contributed by atoms with Crippen LogP contribution in [0.25, 0.3) is 0 Å². The molecule has 0 aliphatic heterocycles. The summed E-state index contributed by atoms with van der Waals surface area (Å²) in [5.74, 6) is 0. The number of likely N-dealkylation sites (N-methyl/N-ethyl adjacent to an activating group) is 1. The van der Waals surface area contributed by atoms with Crippen molar-refractivity contribution in [2.45, 2.75) is 39.8 Å². The lowest BCUT2D eigenvalue weighted by Crippen LogP contribution is -2.42. The fraction of sp³-hybridized carbons (Fsp3) is 0.625. The predicted octanol–water partition coefficient (Wildman–Crippen LogP) is 2.66. The van der Waals surface area contributed by atoms with E-state index in [0.717, 1.165) is 13.2 Å². The molecule has 19 heavy (non-hydrogen) atoms. The number of hydrogen-bond donors (Lipinski definition) is 1. The Morgan fingerprint density at radius 1 is 1.32 bits per heavy atom. The van der Waals surface area contributed by atoms with E-state index >= 15 is 0 Å². The Hall–Kier alpha value is -0.900. The number of methoxy groups -OCH3 is 1. The van der Waals surface area contributed by atoms with Gasteiger partial charge in [-0.1, -0.05) is 25.1 Å². The molecule has 0 aliphatic carbocycles. The van der Waals surface area contributed by atoms with E-state index in [0.29, 0.717) is 12.6 Å².